The molecule has 0 unspecified atom stereocenters. The van der Waals surface area contributed by atoms with Crippen LogP contribution in [0.4, 0.5) is 5.69 Å². The highest BCUT2D eigenvalue weighted by atomic mass is 16.8. The largest absolute Gasteiger partial charge is 0.394 e. The minimum atomic E-state index is -1.46. The Morgan fingerprint density at radius 2 is 2.07 bits per heavy atom. The normalized spacial score (nSPS) is 31.1. The molecule has 2 aliphatic rings. The molecule has 10 heteroatoms. The predicted molar refractivity (Wildman–Crippen MR) is 97.6 cm³/mol. The van der Waals surface area contributed by atoms with Gasteiger partial charge in [0.15, 0.2) is 5.71 Å². The van der Waals surface area contributed by atoms with Crippen molar-refractivity contribution >= 4 is 23.2 Å². The third-order valence-corrected chi connectivity index (χ3v) is 4.77. The molecule has 0 saturated carbocycles. The lowest BCUT2D eigenvalue weighted by atomic mass is 9.97. The Balaban J connectivity index is 1.89. The van der Waals surface area contributed by atoms with Crippen LogP contribution in [0, 0.1) is 6.92 Å². The quantitative estimate of drug-likeness (QED) is 0.463. The van der Waals surface area contributed by atoms with E-state index in [4.69, 9.17) is 9.57 Å². The molecule has 28 heavy (non-hydrogen) atoms. The summed E-state index contributed by atoms with van der Waals surface area (Å²) in [6, 6.07) is 4.31. The highest BCUT2D eigenvalue weighted by Gasteiger charge is 2.46. The summed E-state index contributed by atoms with van der Waals surface area (Å²) in [6.45, 7) is 2.53. The lowest BCUT2D eigenvalue weighted by Crippen LogP contribution is -2.64. The number of ether oxygens (including phenoxy) is 1. The Hall–Kier alpha value is -2.53. The van der Waals surface area contributed by atoms with Crippen molar-refractivity contribution < 1.29 is 34.5 Å². The summed E-state index contributed by atoms with van der Waals surface area (Å²) in [5.74, 6) is -0.868. The van der Waals surface area contributed by atoms with Crippen molar-refractivity contribution in [3.05, 3.63) is 29.3 Å². The zero-order valence-electron chi connectivity index (χ0n) is 15.7. The molecule has 152 valence electrons. The fourth-order valence-corrected chi connectivity index (χ4v) is 3.27. The average molecular weight is 393 g/mol. The molecule has 2 aliphatic heterocycles. The topological polar surface area (TPSA) is 141 Å². The fourth-order valence-electron chi connectivity index (χ4n) is 3.27. The molecule has 4 N–H and O–H groups in total. The number of oxime groups is 1. The number of aliphatic hydroxyl groups excluding tert-OH is 3. The molecule has 1 aromatic rings. The van der Waals surface area contributed by atoms with E-state index in [0.29, 0.717) is 11.3 Å². The Labute approximate surface area is 161 Å². The van der Waals surface area contributed by atoms with E-state index in [1.807, 2.05) is 13.0 Å². The molecule has 1 fully saturated rings. The lowest BCUT2D eigenvalue weighted by molar-refractivity contribution is -0.270. The van der Waals surface area contributed by atoms with Gasteiger partial charge >= 0.3 is 0 Å². The van der Waals surface area contributed by atoms with E-state index >= 15 is 0 Å². The highest BCUT2D eigenvalue weighted by Crippen LogP contribution is 2.30. The van der Waals surface area contributed by atoms with Crippen molar-refractivity contribution in [3.63, 3.8) is 0 Å². The van der Waals surface area contributed by atoms with Gasteiger partial charge in [-0.3, -0.25) is 9.59 Å². The van der Waals surface area contributed by atoms with Gasteiger partial charge in [0.25, 0.3) is 5.91 Å². The third-order valence-electron chi connectivity index (χ3n) is 4.77. The summed E-state index contributed by atoms with van der Waals surface area (Å²) < 4.78 is 5.44. The SMILES string of the molecule is CC(=O)N[C@@H]1[C@@H](O/N=C2\C(=O)N(C)c3ccc(C)cc32)O[C@@H](CO)[C@@H](O)[C@H]1O. The zero-order chi connectivity index (χ0) is 20.6. The Kier molecular flexibility index (Phi) is 5.66. The maximum atomic E-state index is 12.5. The van der Waals surface area contributed by atoms with Crippen LogP contribution in [0.3, 0.4) is 0 Å². The molecule has 10 nitrogen and oxygen atoms in total. The zero-order valence-corrected chi connectivity index (χ0v) is 15.7. The van der Waals surface area contributed by atoms with Crippen LogP contribution in [0.15, 0.2) is 23.4 Å². The number of nitrogens with one attached hydrogen (secondary N) is 1. The Morgan fingerprint density at radius 3 is 2.71 bits per heavy atom. The molecule has 5 atom stereocenters. The van der Waals surface area contributed by atoms with Crippen molar-refractivity contribution in [3.8, 4) is 0 Å². The number of rotatable bonds is 4. The van der Waals surface area contributed by atoms with Crippen LogP contribution in [0.25, 0.3) is 0 Å². The van der Waals surface area contributed by atoms with Crippen LogP contribution in [-0.2, 0) is 19.2 Å². The number of hydrogen-bond acceptors (Lipinski definition) is 8. The molecule has 1 saturated heterocycles. The van der Waals surface area contributed by atoms with Crippen molar-refractivity contribution in [1.82, 2.24) is 5.32 Å². The molecule has 0 radical (unpaired) electrons. The van der Waals surface area contributed by atoms with Crippen LogP contribution in [0.2, 0.25) is 0 Å². The number of carbonyl (C=O) groups is 2. The molecular weight excluding hydrogens is 370 g/mol. The van der Waals surface area contributed by atoms with Gasteiger partial charge in [-0.15, -0.1) is 0 Å². The second-order valence-electron chi connectivity index (χ2n) is 6.86. The lowest BCUT2D eigenvalue weighted by Gasteiger charge is -2.40. The number of anilines is 1. The standard InChI is InChI=1S/C18H23N3O7/c1-8-4-5-11-10(6-8)13(17(26)21(11)3)20-28-18-14(19-9(2)23)16(25)15(24)12(7-22)27-18/h4-6,12,14-16,18,22,24-25H,7H2,1-3H3,(H,19,23)/b20-13-/t12-,14-,15+,16-,18+/m0/s1. The number of benzene rings is 1. The number of amides is 2. The minimum absolute atomic E-state index is 0.0486. The van der Waals surface area contributed by atoms with E-state index in [1.165, 1.54) is 11.8 Å². The summed E-state index contributed by atoms with van der Waals surface area (Å²) in [6.07, 6.45) is -5.35. The van der Waals surface area contributed by atoms with E-state index in [-0.39, 0.29) is 11.6 Å². The van der Waals surface area contributed by atoms with Gasteiger partial charge in [0.2, 0.25) is 12.2 Å². The summed E-state index contributed by atoms with van der Waals surface area (Å²) in [4.78, 5) is 30.8. The summed E-state index contributed by atoms with van der Waals surface area (Å²) in [5.41, 5.74) is 2.23. The number of hydrogen-bond donors (Lipinski definition) is 4. The number of aryl methyl sites for hydroxylation is 1. The van der Waals surface area contributed by atoms with Crippen molar-refractivity contribution in [2.45, 2.75) is 44.5 Å². The highest BCUT2D eigenvalue weighted by molar-refractivity contribution is 6.54. The number of fused-ring (bicyclic) bond motifs is 1. The maximum Gasteiger partial charge on any atom is 0.280 e. The van der Waals surface area contributed by atoms with Crippen LogP contribution in [-0.4, -0.2) is 77.1 Å². The monoisotopic (exact) mass is 393 g/mol. The van der Waals surface area contributed by atoms with E-state index in [9.17, 15) is 24.9 Å². The smallest absolute Gasteiger partial charge is 0.280 e. The minimum Gasteiger partial charge on any atom is -0.394 e. The number of likely N-dealkylation sites (N-methyl/N-ethyl adjacent to an activating group) is 1. The Morgan fingerprint density at radius 1 is 1.36 bits per heavy atom. The summed E-state index contributed by atoms with van der Waals surface area (Å²) >= 11 is 0. The van der Waals surface area contributed by atoms with Crippen molar-refractivity contribution in [2.24, 2.45) is 5.16 Å². The first kappa shape index (κ1) is 20.2. The second-order valence-corrected chi connectivity index (χ2v) is 6.86. The van der Waals surface area contributed by atoms with Gasteiger partial charge in [-0.1, -0.05) is 16.8 Å². The van der Waals surface area contributed by atoms with Gasteiger partial charge in [0.05, 0.1) is 12.3 Å². The average Bonchev–Trinajstić information content (AvgIpc) is 2.88. The van der Waals surface area contributed by atoms with Gasteiger partial charge in [0, 0.05) is 19.5 Å². The van der Waals surface area contributed by atoms with E-state index in [0.717, 1.165) is 5.56 Å². The van der Waals surface area contributed by atoms with Gasteiger partial charge in [0.1, 0.15) is 24.4 Å². The van der Waals surface area contributed by atoms with Gasteiger partial charge < -0.3 is 35.1 Å². The number of carbonyl (C=O) groups excluding carboxylic acids is 2. The van der Waals surface area contributed by atoms with E-state index in [1.54, 1.807) is 19.2 Å². The third kappa shape index (κ3) is 3.59. The van der Waals surface area contributed by atoms with Crippen LogP contribution in [0.1, 0.15) is 18.1 Å². The van der Waals surface area contributed by atoms with E-state index in [2.05, 4.69) is 10.5 Å². The predicted octanol–water partition coefficient (Wildman–Crippen LogP) is -1.36. The first-order valence-corrected chi connectivity index (χ1v) is 8.77. The molecule has 0 spiro atoms. The maximum absolute atomic E-state index is 12.5. The first-order valence-electron chi connectivity index (χ1n) is 8.77. The Bertz CT molecular complexity index is 812. The fraction of sp³-hybridized carbons (Fsp3) is 0.500. The molecule has 2 amide bonds. The first-order chi connectivity index (χ1) is 13.2. The van der Waals surface area contributed by atoms with Gasteiger partial charge in [-0.2, -0.15) is 0 Å². The molecule has 3 rings (SSSR count). The number of nitrogens with zero attached hydrogens (tertiary/aromatic N) is 2. The van der Waals surface area contributed by atoms with Crippen LogP contribution < -0.4 is 10.2 Å². The number of aliphatic hydroxyl groups is 3. The van der Waals surface area contributed by atoms with E-state index < -0.39 is 43.2 Å². The van der Waals surface area contributed by atoms with Crippen molar-refractivity contribution in [2.75, 3.05) is 18.6 Å². The van der Waals surface area contributed by atoms with Gasteiger partial charge in [-0.25, -0.2) is 0 Å². The summed E-state index contributed by atoms with van der Waals surface area (Å²) in [5, 5.41) is 36.0. The molecule has 0 aliphatic carbocycles. The molecule has 0 bridgehead atoms. The molecular formula is C18H23N3O7. The second kappa shape index (κ2) is 7.84. The van der Waals surface area contributed by atoms with Crippen LogP contribution in [0.5, 0.6) is 0 Å². The summed E-state index contributed by atoms with van der Waals surface area (Å²) in [7, 11) is 1.61. The molecule has 0 aromatic heterocycles. The molecule has 2 heterocycles. The molecule has 1 aromatic carbocycles. The van der Waals surface area contributed by atoms with Crippen LogP contribution >= 0.6 is 0 Å². The van der Waals surface area contributed by atoms with Gasteiger partial charge in [-0.05, 0) is 19.1 Å². The van der Waals surface area contributed by atoms with Crippen molar-refractivity contribution in [1.29, 1.82) is 0 Å².